The lowest BCUT2D eigenvalue weighted by Crippen LogP contribution is -2.24. The number of carboxylic acid groups (broad SMARTS) is 1. The summed E-state index contributed by atoms with van der Waals surface area (Å²) >= 11 is 1.30. The molecule has 0 aliphatic carbocycles. The Morgan fingerprint density at radius 3 is 2.80 bits per heavy atom. The van der Waals surface area contributed by atoms with Gasteiger partial charge < -0.3 is 5.11 Å². The van der Waals surface area contributed by atoms with Gasteiger partial charge in [-0.25, -0.2) is 27.3 Å². The summed E-state index contributed by atoms with van der Waals surface area (Å²) in [6.07, 6.45) is 0. The van der Waals surface area contributed by atoms with Crippen LogP contribution in [0.2, 0.25) is 0 Å². The third-order valence-electron chi connectivity index (χ3n) is 2.39. The average Bonchev–Trinajstić information content (AvgIpc) is 2.89. The van der Waals surface area contributed by atoms with E-state index in [1.807, 2.05) is 0 Å². The lowest BCUT2D eigenvalue weighted by Gasteiger charge is -2.07. The first kappa shape index (κ1) is 14.6. The average molecular weight is 316 g/mol. The Labute approximate surface area is 118 Å². The Morgan fingerprint density at radius 2 is 2.20 bits per heavy atom. The van der Waals surface area contributed by atoms with Crippen molar-refractivity contribution in [2.75, 3.05) is 0 Å². The van der Waals surface area contributed by atoms with E-state index in [1.165, 1.54) is 16.8 Å². The van der Waals surface area contributed by atoms with Crippen molar-refractivity contribution in [2.45, 2.75) is 11.4 Å². The van der Waals surface area contributed by atoms with Gasteiger partial charge in [0.2, 0.25) is 10.0 Å². The number of aromatic nitrogens is 1. The van der Waals surface area contributed by atoms with Crippen LogP contribution in [0, 0.1) is 5.82 Å². The van der Waals surface area contributed by atoms with E-state index in [0.717, 1.165) is 18.2 Å². The predicted molar refractivity (Wildman–Crippen MR) is 69.5 cm³/mol. The van der Waals surface area contributed by atoms with Crippen molar-refractivity contribution >= 4 is 27.3 Å². The van der Waals surface area contributed by atoms with Crippen LogP contribution < -0.4 is 4.72 Å². The summed E-state index contributed by atoms with van der Waals surface area (Å²) in [5.41, 5.74) is 1.73. The van der Waals surface area contributed by atoms with Crippen molar-refractivity contribution < 1.29 is 22.7 Å². The molecule has 0 saturated carbocycles. The van der Waals surface area contributed by atoms with Crippen LogP contribution in [0.25, 0.3) is 0 Å². The van der Waals surface area contributed by atoms with Gasteiger partial charge in [-0.2, -0.15) is 0 Å². The van der Waals surface area contributed by atoms with E-state index in [9.17, 15) is 17.6 Å². The maximum Gasteiger partial charge on any atom is 0.335 e. The highest BCUT2D eigenvalue weighted by molar-refractivity contribution is 7.89. The Kier molecular flexibility index (Phi) is 4.12. The van der Waals surface area contributed by atoms with Crippen LogP contribution in [-0.2, 0) is 16.6 Å². The molecule has 2 aromatic rings. The molecule has 0 radical (unpaired) electrons. The van der Waals surface area contributed by atoms with Gasteiger partial charge in [0.05, 0.1) is 23.3 Å². The second-order valence-corrected chi connectivity index (χ2v) is 6.21. The highest BCUT2D eigenvalue weighted by atomic mass is 32.2. The summed E-state index contributed by atoms with van der Waals surface area (Å²) in [4.78, 5) is 14.0. The van der Waals surface area contributed by atoms with Crippen LogP contribution in [0.3, 0.4) is 0 Å². The third-order valence-corrected chi connectivity index (χ3v) is 4.45. The second-order valence-electron chi connectivity index (χ2n) is 3.75. The van der Waals surface area contributed by atoms with Gasteiger partial charge >= 0.3 is 5.97 Å². The number of carboxylic acids is 1. The summed E-state index contributed by atoms with van der Waals surface area (Å²) in [5.74, 6) is -2.35. The number of halogens is 1. The number of nitrogens with one attached hydrogen (secondary N) is 1. The molecule has 1 aromatic heterocycles. The molecule has 0 aliphatic rings. The third kappa shape index (κ3) is 3.18. The molecule has 0 atom stereocenters. The van der Waals surface area contributed by atoms with E-state index in [4.69, 9.17) is 5.11 Å². The zero-order valence-corrected chi connectivity index (χ0v) is 11.5. The van der Waals surface area contributed by atoms with E-state index < -0.39 is 26.7 Å². The number of rotatable bonds is 5. The van der Waals surface area contributed by atoms with E-state index >= 15 is 0 Å². The Morgan fingerprint density at radius 1 is 1.45 bits per heavy atom. The van der Waals surface area contributed by atoms with Gasteiger partial charge in [-0.1, -0.05) is 0 Å². The number of nitrogens with zero attached hydrogens (tertiary/aromatic N) is 1. The minimum atomic E-state index is -4.15. The van der Waals surface area contributed by atoms with Crippen molar-refractivity contribution in [3.8, 4) is 0 Å². The highest BCUT2D eigenvalue weighted by Crippen LogP contribution is 2.17. The summed E-state index contributed by atoms with van der Waals surface area (Å²) < 4.78 is 39.6. The summed E-state index contributed by atoms with van der Waals surface area (Å²) in [5, 5.41) is 10.4. The van der Waals surface area contributed by atoms with Crippen molar-refractivity contribution in [3.63, 3.8) is 0 Å². The molecule has 1 heterocycles. The van der Waals surface area contributed by atoms with E-state index in [2.05, 4.69) is 9.71 Å². The minimum absolute atomic E-state index is 0.0947. The number of aromatic carboxylic acids is 1. The first-order valence-corrected chi connectivity index (χ1v) is 7.72. The normalized spacial score (nSPS) is 11.4. The number of thiazole rings is 1. The molecule has 0 fully saturated rings. The van der Waals surface area contributed by atoms with Crippen LogP contribution in [0.4, 0.5) is 4.39 Å². The quantitative estimate of drug-likeness (QED) is 0.870. The van der Waals surface area contributed by atoms with Gasteiger partial charge in [-0.3, -0.25) is 0 Å². The molecule has 0 bridgehead atoms. The first-order valence-electron chi connectivity index (χ1n) is 5.30. The Hall–Kier alpha value is -1.84. The number of carbonyl (C=O) groups is 1. The van der Waals surface area contributed by atoms with Gasteiger partial charge in [-0.15, -0.1) is 11.3 Å². The van der Waals surface area contributed by atoms with E-state index in [0.29, 0.717) is 5.69 Å². The monoisotopic (exact) mass is 316 g/mol. The predicted octanol–water partition coefficient (Wildman–Crippen LogP) is 1.46. The topological polar surface area (TPSA) is 96.4 Å². The molecule has 6 nitrogen and oxygen atoms in total. The summed E-state index contributed by atoms with van der Waals surface area (Å²) in [6, 6.07) is 2.58. The van der Waals surface area contributed by atoms with Crippen LogP contribution in [0.15, 0.2) is 34.0 Å². The summed E-state index contributed by atoms with van der Waals surface area (Å²) in [7, 11) is -4.15. The Balaban J connectivity index is 2.28. The lowest BCUT2D eigenvalue weighted by atomic mass is 10.2. The molecule has 2 rings (SSSR count). The van der Waals surface area contributed by atoms with Crippen molar-refractivity contribution in [1.82, 2.24) is 9.71 Å². The standard InChI is InChI=1S/C11H9FN2O4S2/c12-9-2-1-7(11(15)16)3-10(9)20(17,18)14-4-8-5-19-6-13-8/h1-3,5-6,14H,4H2,(H,15,16). The molecule has 106 valence electrons. The maximum absolute atomic E-state index is 13.6. The molecule has 0 amide bonds. The van der Waals surface area contributed by atoms with Crippen LogP contribution in [0.5, 0.6) is 0 Å². The highest BCUT2D eigenvalue weighted by Gasteiger charge is 2.21. The smallest absolute Gasteiger partial charge is 0.335 e. The zero-order valence-electron chi connectivity index (χ0n) is 9.91. The second kappa shape index (κ2) is 5.65. The summed E-state index contributed by atoms with van der Waals surface area (Å²) in [6.45, 7) is -0.0947. The molecule has 0 saturated heterocycles. The number of hydrogen-bond donors (Lipinski definition) is 2. The molecule has 0 aliphatic heterocycles. The maximum atomic E-state index is 13.6. The van der Waals surface area contributed by atoms with Crippen molar-refractivity contribution in [2.24, 2.45) is 0 Å². The molecule has 0 spiro atoms. The van der Waals surface area contributed by atoms with Gasteiger partial charge in [0.1, 0.15) is 10.7 Å². The van der Waals surface area contributed by atoms with Crippen LogP contribution in [0.1, 0.15) is 16.1 Å². The molecular weight excluding hydrogens is 307 g/mol. The van der Waals surface area contributed by atoms with E-state index in [-0.39, 0.29) is 12.1 Å². The largest absolute Gasteiger partial charge is 0.478 e. The zero-order chi connectivity index (χ0) is 14.8. The number of benzene rings is 1. The number of sulfonamides is 1. The minimum Gasteiger partial charge on any atom is -0.478 e. The fraction of sp³-hybridized carbons (Fsp3) is 0.0909. The fourth-order valence-corrected chi connectivity index (χ4v) is 3.07. The van der Waals surface area contributed by atoms with Crippen LogP contribution in [-0.4, -0.2) is 24.5 Å². The van der Waals surface area contributed by atoms with Gasteiger partial charge in [0, 0.05) is 5.38 Å². The molecule has 1 aromatic carbocycles. The van der Waals surface area contributed by atoms with Gasteiger partial charge in [-0.05, 0) is 18.2 Å². The molecule has 0 unspecified atom stereocenters. The SMILES string of the molecule is O=C(O)c1ccc(F)c(S(=O)(=O)NCc2cscn2)c1. The fourth-order valence-electron chi connectivity index (χ4n) is 1.41. The molecule has 20 heavy (non-hydrogen) atoms. The Bertz CT molecular complexity index is 729. The lowest BCUT2D eigenvalue weighted by molar-refractivity contribution is 0.0696. The van der Waals surface area contributed by atoms with Gasteiger partial charge in [0.15, 0.2) is 0 Å². The molecule has 2 N–H and O–H groups in total. The van der Waals surface area contributed by atoms with Gasteiger partial charge in [0.25, 0.3) is 0 Å². The van der Waals surface area contributed by atoms with Crippen LogP contribution >= 0.6 is 11.3 Å². The van der Waals surface area contributed by atoms with E-state index in [1.54, 1.807) is 5.38 Å². The molecular formula is C11H9FN2O4S2. The number of hydrogen-bond acceptors (Lipinski definition) is 5. The van der Waals surface area contributed by atoms with Crippen molar-refractivity contribution in [1.29, 1.82) is 0 Å². The molecule has 9 heteroatoms. The van der Waals surface area contributed by atoms with Crippen molar-refractivity contribution in [3.05, 3.63) is 46.2 Å². The first-order chi connectivity index (χ1) is 9.40.